The molecule has 8 nitrogen and oxygen atoms in total. The lowest BCUT2D eigenvalue weighted by atomic mass is 9.74. The Labute approximate surface area is 221 Å². The van der Waals surface area contributed by atoms with Crippen LogP contribution >= 0.6 is 23.2 Å². The summed E-state index contributed by atoms with van der Waals surface area (Å²) in [5.74, 6) is 1.37. The Morgan fingerprint density at radius 3 is 1.50 bits per heavy atom. The molecule has 0 spiro atoms. The van der Waals surface area contributed by atoms with Gasteiger partial charge in [-0.2, -0.15) is 0 Å². The monoisotopic (exact) mass is 542 g/mol. The summed E-state index contributed by atoms with van der Waals surface area (Å²) in [6.07, 6.45) is 0.677. The first kappa shape index (κ1) is 27.9. The van der Waals surface area contributed by atoms with Gasteiger partial charge in [-0.25, -0.2) is 0 Å². The van der Waals surface area contributed by atoms with Crippen molar-refractivity contribution in [1.29, 1.82) is 0 Å². The Balaban J connectivity index is 2.65. The molecule has 1 aliphatic carbocycles. The van der Waals surface area contributed by atoms with Gasteiger partial charge in [-0.1, -0.05) is 30.1 Å². The van der Waals surface area contributed by atoms with E-state index in [9.17, 15) is 4.79 Å². The molecule has 0 N–H and O–H groups in total. The molecule has 3 rings (SSSR count). The van der Waals surface area contributed by atoms with Gasteiger partial charge in [-0.15, -0.1) is 0 Å². The third kappa shape index (κ3) is 4.34. The third-order valence-electron chi connectivity index (χ3n) is 6.74. The van der Waals surface area contributed by atoms with E-state index in [2.05, 4.69) is 0 Å². The zero-order chi connectivity index (χ0) is 26.9. The van der Waals surface area contributed by atoms with Crippen LogP contribution in [-0.4, -0.2) is 54.2 Å². The van der Waals surface area contributed by atoms with E-state index in [1.54, 1.807) is 0 Å². The van der Waals surface area contributed by atoms with Crippen molar-refractivity contribution in [2.75, 3.05) is 42.7 Å². The maximum Gasteiger partial charge on any atom is 0.303 e. The van der Waals surface area contributed by atoms with Gasteiger partial charge in [0.15, 0.2) is 23.0 Å². The number of esters is 1. The van der Waals surface area contributed by atoms with Gasteiger partial charge in [0, 0.05) is 30.4 Å². The molecule has 10 heteroatoms. The normalized spacial score (nSPS) is 18.7. The van der Waals surface area contributed by atoms with E-state index < -0.39 is 11.6 Å². The molecule has 0 fully saturated rings. The van der Waals surface area contributed by atoms with Gasteiger partial charge in [0.25, 0.3) is 0 Å². The maximum atomic E-state index is 12.2. The topological polar surface area (TPSA) is 81.7 Å². The second-order valence-electron chi connectivity index (χ2n) is 8.72. The van der Waals surface area contributed by atoms with Crippen molar-refractivity contribution in [2.24, 2.45) is 5.92 Å². The van der Waals surface area contributed by atoms with E-state index in [0.717, 1.165) is 0 Å². The average Bonchev–Trinajstić information content (AvgIpc) is 2.84. The number of benzene rings is 2. The minimum atomic E-state index is -0.948. The summed E-state index contributed by atoms with van der Waals surface area (Å²) in [4.78, 5) is 12.2. The van der Waals surface area contributed by atoms with Gasteiger partial charge in [-0.05, 0) is 24.5 Å². The van der Waals surface area contributed by atoms with Crippen molar-refractivity contribution >= 4 is 29.2 Å². The Hall–Kier alpha value is -2.71. The fourth-order valence-corrected chi connectivity index (χ4v) is 5.58. The van der Waals surface area contributed by atoms with E-state index in [1.807, 2.05) is 13.8 Å². The van der Waals surface area contributed by atoms with Crippen molar-refractivity contribution in [2.45, 2.75) is 39.2 Å². The highest BCUT2D eigenvalue weighted by Gasteiger charge is 2.43. The smallest absolute Gasteiger partial charge is 0.303 e. The quantitative estimate of drug-likeness (QED) is 0.408. The molecular weight excluding hydrogens is 511 g/mol. The second-order valence-corrected chi connectivity index (χ2v) is 9.48. The number of halogens is 2. The molecule has 36 heavy (non-hydrogen) atoms. The van der Waals surface area contributed by atoms with Crippen LogP contribution in [0, 0.1) is 5.92 Å². The summed E-state index contributed by atoms with van der Waals surface area (Å²) >= 11 is 13.9. The molecule has 0 saturated carbocycles. The highest BCUT2D eigenvalue weighted by molar-refractivity contribution is 6.35. The molecule has 0 unspecified atom stereocenters. The predicted octanol–water partition coefficient (Wildman–Crippen LogP) is 5.77. The minimum Gasteiger partial charge on any atom is -0.492 e. The lowest BCUT2D eigenvalue weighted by Gasteiger charge is -2.39. The van der Waals surface area contributed by atoms with Gasteiger partial charge in [0.2, 0.25) is 11.5 Å². The first-order valence-corrected chi connectivity index (χ1v) is 12.0. The fraction of sp³-hybridized carbons (Fsp3) is 0.500. The molecule has 0 saturated heterocycles. The summed E-state index contributed by atoms with van der Waals surface area (Å²) < 4.78 is 40.3. The number of methoxy groups -OCH3 is 6. The van der Waals surface area contributed by atoms with Gasteiger partial charge in [-0.3, -0.25) is 4.79 Å². The third-order valence-corrected chi connectivity index (χ3v) is 7.54. The van der Waals surface area contributed by atoms with E-state index in [4.69, 9.17) is 56.4 Å². The van der Waals surface area contributed by atoms with Gasteiger partial charge >= 0.3 is 5.97 Å². The predicted molar refractivity (Wildman–Crippen MR) is 138 cm³/mol. The van der Waals surface area contributed by atoms with Gasteiger partial charge < -0.3 is 33.2 Å². The molecule has 1 aliphatic rings. The van der Waals surface area contributed by atoms with Crippen molar-refractivity contribution < 1.29 is 38.0 Å². The first-order chi connectivity index (χ1) is 17.0. The van der Waals surface area contributed by atoms with Crippen LogP contribution in [0.3, 0.4) is 0 Å². The number of hydrogen-bond donors (Lipinski definition) is 0. The van der Waals surface area contributed by atoms with Crippen LogP contribution in [0.1, 0.15) is 31.9 Å². The largest absolute Gasteiger partial charge is 0.492 e. The summed E-state index contributed by atoms with van der Waals surface area (Å²) in [6, 6.07) is 0. The summed E-state index contributed by atoms with van der Waals surface area (Å²) in [5.41, 5.74) is 1.55. The Morgan fingerprint density at radius 1 is 0.722 bits per heavy atom. The van der Waals surface area contributed by atoms with Crippen LogP contribution in [0.4, 0.5) is 0 Å². The van der Waals surface area contributed by atoms with Crippen LogP contribution in [-0.2, 0) is 22.4 Å². The number of fused-ring (bicyclic) bond motifs is 3. The van der Waals surface area contributed by atoms with Crippen LogP contribution in [0.5, 0.6) is 34.5 Å². The lowest BCUT2D eigenvalue weighted by molar-refractivity contribution is -0.160. The summed E-state index contributed by atoms with van der Waals surface area (Å²) in [7, 11) is 9.05. The molecule has 198 valence electrons. The molecule has 0 radical (unpaired) electrons. The maximum absolute atomic E-state index is 12.2. The van der Waals surface area contributed by atoms with E-state index in [1.165, 1.54) is 49.6 Å². The Kier molecular flexibility index (Phi) is 8.30. The van der Waals surface area contributed by atoms with E-state index in [0.29, 0.717) is 68.2 Å². The number of rotatable bonds is 7. The van der Waals surface area contributed by atoms with E-state index in [-0.39, 0.29) is 17.4 Å². The van der Waals surface area contributed by atoms with Gasteiger partial charge in [0.05, 0.1) is 52.7 Å². The standard InChI is InChI=1S/C26H32Cl2O8/c1-12-10-14-16(20(30-4)24(34-8)22(32-6)18(14)27)17-15(11-26(12,3)36-13(2)29)19(28)23(33-7)25(35-9)21(17)31-5/h12H,10-11H2,1-9H3/t12-,26-/m1/s1. The van der Waals surface area contributed by atoms with Crippen LogP contribution < -0.4 is 28.4 Å². The number of carbonyl (C=O) groups excluding carboxylic acids is 1. The van der Waals surface area contributed by atoms with Crippen LogP contribution in [0.25, 0.3) is 11.1 Å². The molecular formula is C26H32Cl2O8. The highest BCUT2D eigenvalue weighted by atomic mass is 35.5. The number of ether oxygens (including phenoxy) is 7. The summed E-state index contributed by atoms with van der Waals surface area (Å²) in [5, 5.41) is 0.625. The molecule has 2 aromatic rings. The van der Waals surface area contributed by atoms with Crippen molar-refractivity contribution in [3.8, 4) is 45.6 Å². The molecule has 0 aliphatic heterocycles. The SMILES string of the molecule is COc1c(Cl)c2c(c(OC)c1OC)-c1c(c(Cl)c(OC)c(OC)c1OC)C[C@@](C)(OC(C)=O)[C@H](C)C2. The summed E-state index contributed by atoms with van der Waals surface area (Å²) in [6.45, 7) is 5.24. The average molecular weight is 543 g/mol. The Bertz CT molecular complexity index is 1180. The molecule has 0 heterocycles. The first-order valence-electron chi connectivity index (χ1n) is 11.2. The molecule has 0 amide bonds. The van der Waals surface area contributed by atoms with Gasteiger partial charge in [0.1, 0.15) is 5.60 Å². The Morgan fingerprint density at radius 2 is 1.11 bits per heavy atom. The minimum absolute atomic E-state index is 0.191. The van der Waals surface area contributed by atoms with E-state index >= 15 is 0 Å². The second kappa shape index (κ2) is 10.7. The van der Waals surface area contributed by atoms with Crippen molar-refractivity contribution in [1.82, 2.24) is 0 Å². The molecule has 2 aromatic carbocycles. The van der Waals surface area contributed by atoms with Crippen molar-refractivity contribution in [3.63, 3.8) is 0 Å². The fourth-order valence-electron chi connectivity index (χ4n) is 4.92. The number of hydrogen-bond acceptors (Lipinski definition) is 8. The lowest BCUT2D eigenvalue weighted by Crippen LogP contribution is -2.42. The molecule has 0 aromatic heterocycles. The zero-order valence-corrected chi connectivity index (χ0v) is 23.5. The number of carbonyl (C=O) groups is 1. The van der Waals surface area contributed by atoms with Crippen molar-refractivity contribution in [3.05, 3.63) is 21.2 Å². The van der Waals surface area contributed by atoms with Crippen LogP contribution in [0.2, 0.25) is 10.0 Å². The molecule has 0 bridgehead atoms. The highest BCUT2D eigenvalue weighted by Crippen LogP contribution is 2.60. The van der Waals surface area contributed by atoms with Crippen LogP contribution in [0.15, 0.2) is 0 Å². The zero-order valence-electron chi connectivity index (χ0n) is 22.0. The molecule has 2 atom stereocenters.